The van der Waals surface area contributed by atoms with E-state index in [1.807, 2.05) is 18.2 Å². The molecule has 0 radical (unpaired) electrons. The van der Waals surface area contributed by atoms with Crippen molar-refractivity contribution in [1.29, 1.82) is 0 Å². The number of ether oxygens (including phenoxy) is 4. The fraction of sp³-hybridized carbons (Fsp3) is 0.697. The third-order valence-electron chi connectivity index (χ3n) is 8.57. The van der Waals surface area contributed by atoms with Gasteiger partial charge in [-0.15, -0.1) is 0 Å². The minimum absolute atomic E-state index is 0.00474. The number of carbonyl (C=O) groups is 4. The van der Waals surface area contributed by atoms with E-state index in [1.54, 1.807) is 44.4 Å². The minimum Gasteiger partial charge on any atom is -0.476 e. The molecule has 1 saturated carbocycles. The van der Waals surface area contributed by atoms with Gasteiger partial charge in [0.05, 0.1) is 18.2 Å². The molecule has 3 fully saturated rings. The molecule has 2 saturated heterocycles. The molecule has 3 amide bonds. The smallest absolute Gasteiger partial charge is 0.410 e. The molecular weight excluding hydrogens is 566 g/mol. The lowest BCUT2D eigenvalue weighted by atomic mass is 9.86. The Morgan fingerprint density at radius 2 is 1.80 bits per heavy atom. The SMILES string of the molecule is CC(=O)C1CC(C(=O)N(c2ccc3c(c2)N(CCOC2CCCCO2)C(=O)C(C)(C)O3)C2CC2)CN(C(=O)OC(C)(C)C)C1. The van der Waals surface area contributed by atoms with Crippen LogP contribution in [0, 0.1) is 11.8 Å². The number of amides is 3. The van der Waals surface area contributed by atoms with E-state index >= 15 is 0 Å². The van der Waals surface area contributed by atoms with Crippen LogP contribution in [0.2, 0.25) is 0 Å². The van der Waals surface area contributed by atoms with Gasteiger partial charge in [-0.25, -0.2) is 4.79 Å². The van der Waals surface area contributed by atoms with Gasteiger partial charge in [0.15, 0.2) is 11.9 Å². The first-order chi connectivity index (χ1) is 20.7. The van der Waals surface area contributed by atoms with Gasteiger partial charge in [0.25, 0.3) is 5.91 Å². The lowest BCUT2D eigenvalue weighted by Crippen LogP contribution is -2.53. The Kier molecular flexibility index (Phi) is 9.28. The first kappa shape index (κ1) is 32.2. The van der Waals surface area contributed by atoms with Crippen LogP contribution >= 0.6 is 0 Å². The first-order valence-electron chi connectivity index (χ1n) is 15.9. The van der Waals surface area contributed by atoms with Crippen molar-refractivity contribution >= 4 is 35.1 Å². The molecule has 0 N–H and O–H groups in total. The molecule has 242 valence electrons. The van der Waals surface area contributed by atoms with E-state index in [0.717, 1.165) is 32.1 Å². The van der Waals surface area contributed by atoms with Crippen molar-refractivity contribution in [2.75, 3.05) is 42.6 Å². The van der Waals surface area contributed by atoms with Crippen molar-refractivity contribution in [1.82, 2.24) is 4.90 Å². The highest BCUT2D eigenvalue weighted by atomic mass is 16.7. The first-order valence-corrected chi connectivity index (χ1v) is 15.9. The van der Waals surface area contributed by atoms with Crippen molar-refractivity contribution < 1.29 is 38.1 Å². The van der Waals surface area contributed by atoms with Crippen molar-refractivity contribution in [2.45, 2.75) is 104 Å². The maximum Gasteiger partial charge on any atom is 0.410 e. The predicted octanol–water partition coefficient (Wildman–Crippen LogP) is 4.69. The molecule has 11 nitrogen and oxygen atoms in total. The zero-order valence-electron chi connectivity index (χ0n) is 26.9. The fourth-order valence-electron chi connectivity index (χ4n) is 6.14. The van der Waals surface area contributed by atoms with Gasteiger partial charge >= 0.3 is 6.09 Å². The monoisotopic (exact) mass is 613 g/mol. The number of hydrogen-bond donors (Lipinski definition) is 0. The van der Waals surface area contributed by atoms with E-state index in [1.165, 1.54) is 11.8 Å². The van der Waals surface area contributed by atoms with E-state index in [0.29, 0.717) is 43.3 Å². The van der Waals surface area contributed by atoms with Crippen LogP contribution in [-0.2, 0) is 28.6 Å². The molecular formula is C33H47N3O8. The predicted molar refractivity (Wildman–Crippen MR) is 164 cm³/mol. The normalized spacial score (nSPS) is 25.1. The second-order valence-corrected chi connectivity index (χ2v) is 14.0. The van der Waals surface area contributed by atoms with Gasteiger partial charge in [-0.3, -0.25) is 14.4 Å². The van der Waals surface area contributed by atoms with Crippen LogP contribution in [-0.4, -0.2) is 85.0 Å². The molecule has 3 aliphatic heterocycles. The average Bonchev–Trinajstić information content (AvgIpc) is 3.80. The third kappa shape index (κ3) is 7.37. The number of hydrogen-bond acceptors (Lipinski definition) is 8. The second-order valence-electron chi connectivity index (χ2n) is 14.0. The number of likely N-dealkylation sites (tertiary alicyclic amines) is 1. The van der Waals surface area contributed by atoms with Crippen LogP contribution in [0.15, 0.2) is 18.2 Å². The highest BCUT2D eigenvalue weighted by molar-refractivity contribution is 6.04. The van der Waals surface area contributed by atoms with Crippen molar-refractivity contribution in [3.63, 3.8) is 0 Å². The van der Waals surface area contributed by atoms with E-state index < -0.39 is 29.1 Å². The lowest BCUT2D eigenvalue weighted by molar-refractivity contribution is -0.161. The molecule has 3 atom stereocenters. The molecule has 1 aromatic rings. The van der Waals surface area contributed by atoms with Crippen LogP contribution in [0.1, 0.15) is 80.1 Å². The zero-order chi connectivity index (χ0) is 31.8. The Labute approximate surface area is 260 Å². The standard InChI is InChI=1S/C33H47N3O8/c1-21(37)22-17-23(20-34(19-22)31(40)44-32(2,3)4)29(38)36(24-10-11-24)25-12-13-27-26(18-25)35(30(39)33(5,6)43-27)14-16-42-28-9-7-8-15-41-28/h12-13,18,22-24,28H,7-11,14-17,19-20H2,1-6H3. The molecule has 4 aliphatic rings. The Hall–Kier alpha value is -3.18. The van der Waals surface area contributed by atoms with Gasteiger partial charge in [0, 0.05) is 43.9 Å². The molecule has 11 heteroatoms. The quantitative estimate of drug-likeness (QED) is 0.415. The largest absolute Gasteiger partial charge is 0.476 e. The van der Waals surface area contributed by atoms with Gasteiger partial charge < -0.3 is 33.6 Å². The number of Topliss-reactive ketones (excluding diaryl/α,β-unsaturated/α-hetero) is 1. The maximum atomic E-state index is 14.3. The number of carbonyl (C=O) groups excluding carboxylic acids is 4. The summed E-state index contributed by atoms with van der Waals surface area (Å²) in [4.78, 5) is 58.3. The Balaban J connectivity index is 1.39. The topological polar surface area (TPSA) is 115 Å². The van der Waals surface area contributed by atoms with E-state index in [2.05, 4.69) is 0 Å². The molecule has 0 aromatic heterocycles. The summed E-state index contributed by atoms with van der Waals surface area (Å²) in [5, 5.41) is 0. The van der Waals surface area contributed by atoms with Crippen molar-refractivity contribution in [3.05, 3.63) is 18.2 Å². The van der Waals surface area contributed by atoms with Crippen LogP contribution in [0.25, 0.3) is 0 Å². The summed E-state index contributed by atoms with van der Waals surface area (Å²) in [6, 6.07) is 5.51. The molecule has 1 aromatic carbocycles. The Morgan fingerprint density at radius 3 is 2.43 bits per heavy atom. The molecule has 5 rings (SSSR count). The molecule has 1 aliphatic carbocycles. The maximum absolute atomic E-state index is 14.3. The van der Waals surface area contributed by atoms with E-state index in [-0.39, 0.29) is 43.0 Å². The molecule has 3 heterocycles. The highest BCUT2D eigenvalue weighted by Crippen LogP contribution is 2.43. The van der Waals surface area contributed by atoms with Crippen LogP contribution in [0.4, 0.5) is 16.2 Å². The third-order valence-corrected chi connectivity index (χ3v) is 8.57. The van der Waals surface area contributed by atoms with Crippen molar-refractivity contribution in [2.24, 2.45) is 11.8 Å². The minimum atomic E-state index is -1.06. The van der Waals surface area contributed by atoms with Crippen LogP contribution in [0.5, 0.6) is 5.75 Å². The second kappa shape index (κ2) is 12.7. The number of piperidine rings is 1. The van der Waals surface area contributed by atoms with Crippen LogP contribution in [0.3, 0.4) is 0 Å². The van der Waals surface area contributed by atoms with Crippen LogP contribution < -0.4 is 14.5 Å². The summed E-state index contributed by atoms with van der Waals surface area (Å²) in [7, 11) is 0. The van der Waals surface area contributed by atoms with Gasteiger partial charge in [-0.05, 0) is 98.3 Å². The number of anilines is 2. The number of ketones is 1. The Morgan fingerprint density at radius 1 is 1.07 bits per heavy atom. The van der Waals surface area contributed by atoms with Gasteiger partial charge in [0.1, 0.15) is 17.1 Å². The number of benzene rings is 1. The summed E-state index contributed by atoms with van der Waals surface area (Å²) in [6.45, 7) is 12.1. The van der Waals surface area contributed by atoms with Gasteiger partial charge in [-0.2, -0.15) is 0 Å². The van der Waals surface area contributed by atoms with Crippen molar-refractivity contribution in [3.8, 4) is 5.75 Å². The summed E-state index contributed by atoms with van der Waals surface area (Å²) in [5.41, 5.74) is -0.518. The summed E-state index contributed by atoms with van der Waals surface area (Å²) in [6.07, 6.45) is 4.18. The molecule has 3 unspecified atom stereocenters. The van der Waals surface area contributed by atoms with E-state index in [9.17, 15) is 19.2 Å². The Bertz CT molecular complexity index is 1260. The fourth-order valence-corrected chi connectivity index (χ4v) is 6.14. The van der Waals surface area contributed by atoms with E-state index in [4.69, 9.17) is 18.9 Å². The number of fused-ring (bicyclic) bond motifs is 1. The summed E-state index contributed by atoms with van der Waals surface area (Å²) in [5.74, 6) is -0.854. The summed E-state index contributed by atoms with van der Waals surface area (Å²) >= 11 is 0. The summed E-state index contributed by atoms with van der Waals surface area (Å²) < 4.78 is 23.4. The lowest BCUT2D eigenvalue weighted by Gasteiger charge is -2.40. The number of rotatable bonds is 8. The van der Waals surface area contributed by atoms with Gasteiger partial charge in [-0.1, -0.05) is 0 Å². The zero-order valence-corrected chi connectivity index (χ0v) is 26.9. The molecule has 0 bridgehead atoms. The number of nitrogens with zero attached hydrogens (tertiary/aromatic N) is 3. The highest BCUT2D eigenvalue weighted by Gasteiger charge is 2.45. The van der Waals surface area contributed by atoms with Gasteiger partial charge in [0.2, 0.25) is 5.91 Å². The average molecular weight is 614 g/mol. The molecule has 44 heavy (non-hydrogen) atoms. The molecule has 0 spiro atoms.